The monoisotopic (exact) mass is 1070 g/mol. The summed E-state index contributed by atoms with van der Waals surface area (Å²) in [6, 6.07) is 0. The molecule has 0 atom stereocenters. The van der Waals surface area contributed by atoms with E-state index in [1.807, 2.05) is 0 Å². The lowest BCUT2D eigenvalue weighted by Gasteiger charge is -2.27. The predicted octanol–water partition coefficient (Wildman–Crippen LogP) is 25.3. The summed E-state index contributed by atoms with van der Waals surface area (Å²) in [7, 11) is -3.95. The fraction of sp³-hybridized carbons (Fsp3) is 0.914. The molecule has 0 amide bonds. The third-order valence-corrected chi connectivity index (χ3v) is 17.3. The first-order valence-electron chi connectivity index (χ1n) is 34.7. The second-order valence-electron chi connectivity index (χ2n) is 24.3. The molecule has 0 aliphatic rings. The maximum Gasteiger partial charge on any atom is 0.264 e. The zero-order valence-corrected chi connectivity index (χ0v) is 52.5. The molecule has 0 aliphatic carbocycles. The molecule has 0 aliphatic heterocycles. The predicted molar refractivity (Wildman–Crippen MR) is 338 cm³/mol. The van der Waals surface area contributed by atoms with E-state index in [-0.39, 0.29) is 5.75 Å². The van der Waals surface area contributed by atoms with E-state index in [0.717, 1.165) is 32.2 Å². The van der Waals surface area contributed by atoms with Crippen molar-refractivity contribution in [2.45, 2.75) is 400 Å². The Labute approximate surface area is 473 Å². The van der Waals surface area contributed by atoms with E-state index in [1.54, 1.807) is 0 Å². The van der Waals surface area contributed by atoms with Gasteiger partial charge in [-0.1, -0.05) is 348 Å². The van der Waals surface area contributed by atoms with Crippen LogP contribution in [-0.2, 0) is 10.1 Å². The maximum absolute atomic E-state index is 11.7. The van der Waals surface area contributed by atoms with Crippen molar-refractivity contribution in [2.75, 3.05) is 12.3 Å². The number of quaternary nitrogens is 1. The zero-order chi connectivity index (χ0) is 54.4. The largest absolute Gasteiger partial charge is 0.286 e. The van der Waals surface area contributed by atoms with Crippen molar-refractivity contribution in [1.82, 2.24) is 0 Å². The number of allylic oxidation sites excluding steroid dienone is 3. The van der Waals surface area contributed by atoms with Crippen LogP contribution in [0, 0.1) is 0 Å². The van der Waals surface area contributed by atoms with Gasteiger partial charge in [-0.15, -0.1) is 0 Å². The molecule has 0 saturated heterocycles. The summed E-state index contributed by atoms with van der Waals surface area (Å²) in [6.07, 6.45) is 94.8. The lowest BCUT2D eigenvalue weighted by Crippen LogP contribution is -2.32. The van der Waals surface area contributed by atoms with Crippen LogP contribution in [0.4, 0.5) is 0 Å². The Morgan fingerprint density at radius 1 is 0.253 bits per heavy atom. The first kappa shape index (κ1) is 74.1. The Kier molecular flexibility index (Phi) is 61.5. The standard InChI is InChI=1S/C70H137NO3S/c1-4-7-10-13-16-19-22-25-28-31-34-37-40-43-46-49-52-55-58-61-66-71(69-64-65-70-75(72,73)74,67-62-59-56-53-50-47-44-41-38-35-32-29-26-23-20-17-14-11-8-5-2)68-63-60-57-54-51-48-45-42-39-36-33-30-27-24-21-18-15-12-9-6-3/h61-63,66-68H,4-60,64-65,69-70H2,1-3H3/p+1/b66-61+,67-62+,68-63+. The molecule has 0 bridgehead atoms. The van der Waals surface area contributed by atoms with Crippen molar-refractivity contribution < 1.29 is 17.5 Å². The Morgan fingerprint density at radius 2 is 0.427 bits per heavy atom. The minimum atomic E-state index is -3.95. The van der Waals surface area contributed by atoms with Crippen molar-refractivity contribution in [1.29, 1.82) is 0 Å². The number of hydrogen-bond donors (Lipinski definition) is 1. The molecule has 0 aromatic carbocycles. The van der Waals surface area contributed by atoms with Gasteiger partial charge < -0.3 is 0 Å². The number of hydrogen-bond acceptors (Lipinski definition) is 2. The van der Waals surface area contributed by atoms with Gasteiger partial charge in [0.2, 0.25) is 0 Å². The average molecular weight is 1070 g/mol. The molecule has 0 saturated carbocycles. The molecule has 4 nitrogen and oxygen atoms in total. The normalized spacial score (nSPS) is 12.5. The van der Waals surface area contributed by atoms with Crippen LogP contribution in [-0.4, -0.2) is 29.8 Å². The van der Waals surface area contributed by atoms with Crippen molar-refractivity contribution >= 4 is 10.1 Å². The summed E-state index contributed by atoms with van der Waals surface area (Å²) >= 11 is 0. The smallest absolute Gasteiger partial charge is 0.264 e. The highest BCUT2D eigenvalue weighted by atomic mass is 32.2. The Balaban J connectivity index is 4.86. The molecule has 0 rings (SSSR count). The number of rotatable bonds is 65. The fourth-order valence-electron chi connectivity index (χ4n) is 11.3. The van der Waals surface area contributed by atoms with Crippen LogP contribution < -0.4 is 0 Å². The van der Waals surface area contributed by atoms with Crippen molar-refractivity contribution in [2.24, 2.45) is 0 Å². The van der Waals surface area contributed by atoms with E-state index < -0.39 is 10.1 Å². The van der Waals surface area contributed by atoms with Gasteiger partial charge in [-0.05, 0) is 69.6 Å². The Bertz CT molecular complexity index is 1150. The van der Waals surface area contributed by atoms with E-state index in [0.29, 0.717) is 10.9 Å². The van der Waals surface area contributed by atoms with Crippen LogP contribution in [0.5, 0.6) is 0 Å². The van der Waals surface area contributed by atoms with E-state index >= 15 is 0 Å². The second kappa shape index (κ2) is 62.3. The third-order valence-electron chi connectivity index (χ3n) is 16.5. The molecule has 0 spiro atoms. The summed E-state index contributed by atoms with van der Waals surface area (Å²) in [4.78, 5) is 0. The van der Waals surface area contributed by atoms with Gasteiger partial charge in [0.25, 0.3) is 10.1 Å². The van der Waals surface area contributed by atoms with Crippen LogP contribution in [0.3, 0.4) is 0 Å². The molecule has 75 heavy (non-hydrogen) atoms. The van der Waals surface area contributed by atoms with E-state index in [4.69, 9.17) is 0 Å². The van der Waals surface area contributed by atoms with Gasteiger partial charge in [-0.2, -0.15) is 8.42 Å². The molecular weight excluding hydrogens is 935 g/mol. The van der Waals surface area contributed by atoms with E-state index in [9.17, 15) is 13.0 Å². The van der Waals surface area contributed by atoms with Gasteiger partial charge in [-0.25, -0.2) is 4.48 Å². The molecular formula is C70H138NO3S+. The minimum absolute atomic E-state index is 0.151. The highest BCUT2D eigenvalue weighted by Gasteiger charge is 2.19. The van der Waals surface area contributed by atoms with Crippen LogP contribution in [0.25, 0.3) is 0 Å². The molecule has 0 fully saturated rings. The summed E-state index contributed by atoms with van der Waals surface area (Å²) < 4.78 is 33.5. The van der Waals surface area contributed by atoms with Crippen LogP contribution in [0.15, 0.2) is 36.8 Å². The molecule has 0 aromatic heterocycles. The average Bonchev–Trinajstić information content (AvgIpc) is 3.40. The SMILES string of the molecule is CCCCCCCCCCCCCCCCCCCC/C=C/[N+](/C=C/CCCCCCCCCCCCCCCCCCCC)(/C=C/CCCCCCCCCCCCCCCCCCCC)CCCCS(=O)(=O)O. The van der Waals surface area contributed by atoms with Crippen molar-refractivity contribution in [3.05, 3.63) is 36.8 Å². The highest BCUT2D eigenvalue weighted by Crippen LogP contribution is 2.22. The van der Waals surface area contributed by atoms with E-state index in [2.05, 4.69) is 57.6 Å². The number of unbranched alkanes of at least 4 members (excludes halogenated alkanes) is 55. The first-order valence-corrected chi connectivity index (χ1v) is 36.4. The molecule has 0 unspecified atom stereocenters. The Hall–Kier alpha value is -0.910. The molecule has 0 aromatic rings. The van der Waals surface area contributed by atoms with Gasteiger partial charge >= 0.3 is 0 Å². The van der Waals surface area contributed by atoms with Crippen molar-refractivity contribution in [3.63, 3.8) is 0 Å². The first-order chi connectivity index (χ1) is 36.9. The molecule has 446 valence electrons. The highest BCUT2D eigenvalue weighted by molar-refractivity contribution is 7.85. The second-order valence-corrected chi connectivity index (χ2v) is 25.8. The summed E-state index contributed by atoms with van der Waals surface area (Å²) in [5, 5.41) is 0. The maximum atomic E-state index is 11.7. The summed E-state index contributed by atoms with van der Waals surface area (Å²) in [6.45, 7) is 7.74. The van der Waals surface area contributed by atoms with Crippen molar-refractivity contribution in [3.8, 4) is 0 Å². The summed E-state index contributed by atoms with van der Waals surface area (Å²) in [5.41, 5.74) is 0. The van der Waals surface area contributed by atoms with Gasteiger partial charge in [0.15, 0.2) is 0 Å². The summed E-state index contributed by atoms with van der Waals surface area (Å²) in [5.74, 6) is -0.151. The topological polar surface area (TPSA) is 54.4 Å². The third kappa shape index (κ3) is 62.2. The lowest BCUT2D eigenvalue weighted by molar-refractivity contribution is -0.774. The molecule has 0 heterocycles. The van der Waals surface area contributed by atoms with Gasteiger partial charge in [0.1, 0.15) is 18.6 Å². The molecule has 0 radical (unpaired) electrons. The van der Waals surface area contributed by atoms with Gasteiger partial charge in [-0.3, -0.25) is 4.55 Å². The zero-order valence-electron chi connectivity index (χ0n) is 51.7. The van der Waals surface area contributed by atoms with Crippen LogP contribution in [0.1, 0.15) is 400 Å². The molecule has 1 N–H and O–H groups in total. The van der Waals surface area contributed by atoms with Crippen LogP contribution >= 0.6 is 0 Å². The number of nitrogens with zero attached hydrogens (tertiary/aromatic N) is 1. The fourth-order valence-corrected chi connectivity index (χ4v) is 11.9. The van der Waals surface area contributed by atoms with Gasteiger partial charge in [0.05, 0.1) is 12.3 Å². The molecule has 5 heteroatoms. The quantitative estimate of drug-likeness (QED) is 0.0375. The van der Waals surface area contributed by atoms with Crippen LogP contribution in [0.2, 0.25) is 0 Å². The van der Waals surface area contributed by atoms with Gasteiger partial charge in [0, 0.05) is 0 Å². The minimum Gasteiger partial charge on any atom is -0.286 e. The Morgan fingerprint density at radius 3 is 0.600 bits per heavy atom. The van der Waals surface area contributed by atoms with E-state index in [1.165, 1.54) is 347 Å². The lowest BCUT2D eigenvalue weighted by atomic mass is 10.0.